The normalized spacial score (nSPS) is 18.1. The second-order valence-electron chi connectivity index (χ2n) is 5.82. The zero-order valence-corrected chi connectivity index (χ0v) is 15.1. The van der Waals surface area contributed by atoms with Crippen LogP contribution in [0.25, 0.3) is 0 Å². The van der Waals surface area contributed by atoms with Gasteiger partial charge in [-0.1, -0.05) is 28.1 Å². The number of fused-ring (bicyclic) bond motifs is 1. The minimum Gasteiger partial charge on any atom is -0.454 e. The molecule has 1 atom stereocenters. The van der Waals surface area contributed by atoms with Crippen LogP contribution < -0.4 is 20.1 Å². The number of benzene rings is 2. The maximum Gasteiger partial charge on any atom is 0.258 e. The van der Waals surface area contributed by atoms with E-state index in [0.29, 0.717) is 17.1 Å². The van der Waals surface area contributed by atoms with Crippen molar-refractivity contribution in [1.29, 1.82) is 0 Å². The Labute approximate surface area is 157 Å². The molecule has 2 aliphatic rings. The van der Waals surface area contributed by atoms with Crippen molar-refractivity contribution in [3.63, 3.8) is 0 Å². The number of ether oxygens (including phenoxy) is 2. The first-order valence-electron chi connectivity index (χ1n) is 7.92. The van der Waals surface area contributed by atoms with Crippen molar-refractivity contribution in [2.75, 3.05) is 6.79 Å². The maximum atomic E-state index is 12.5. The van der Waals surface area contributed by atoms with Crippen molar-refractivity contribution in [3.8, 4) is 11.5 Å². The minimum atomic E-state index is -0.390. The Bertz CT molecular complexity index is 911. The molecule has 8 heteroatoms. The molecule has 0 saturated heterocycles. The van der Waals surface area contributed by atoms with E-state index in [1.807, 2.05) is 24.3 Å². The Kier molecular flexibility index (Phi) is 4.34. The number of halogens is 1. The van der Waals surface area contributed by atoms with Crippen LogP contribution in [0.2, 0.25) is 0 Å². The zero-order valence-electron chi connectivity index (χ0n) is 13.5. The summed E-state index contributed by atoms with van der Waals surface area (Å²) in [5.41, 5.74) is 1.29. The number of guanidine groups is 1. The van der Waals surface area contributed by atoms with Gasteiger partial charge in [-0.25, -0.2) is 4.99 Å². The molecule has 4 rings (SSSR count). The fourth-order valence-electron chi connectivity index (χ4n) is 2.75. The van der Waals surface area contributed by atoms with Gasteiger partial charge in [0.25, 0.3) is 5.91 Å². The summed E-state index contributed by atoms with van der Waals surface area (Å²) < 4.78 is 11.5. The molecule has 7 nitrogen and oxygen atoms in total. The predicted molar refractivity (Wildman–Crippen MR) is 97.1 cm³/mol. The minimum absolute atomic E-state index is 0.136. The molecule has 2 amide bonds. The van der Waals surface area contributed by atoms with E-state index in [4.69, 9.17) is 9.47 Å². The fourth-order valence-corrected chi connectivity index (χ4v) is 3.02. The molecule has 132 valence electrons. The average Bonchev–Trinajstić information content (AvgIpc) is 3.09. The van der Waals surface area contributed by atoms with Crippen LogP contribution in [-0.4, -0.2) is 24.6 Å². The molecular formula is C18H14BrN3O4. The van der Waals surface area contributed by atoms with Crippen LogP contribution in [0.15, 0.2) is 51.9 Å². The molecule has 0 saturated carbocycles. The highest BCUT2D eigenvalue weighted by molar-refractivity contribution is 9.10. The van der Waals surface area contributed by atoms with Crippen molar-refractivity contribution < 1.29 is 19.1 Å². The summed E-state index contributed by atoms with van der Waals surface area (Å²) in [6.45, 7) is 0.137. The monoisotopic (exact) mass is 415 g/mol. The first-order chi connectivity index (χ1) is 12.6. The standard InChI is InChI=1S/C18H14BrN3O4/c19-12-4-1-10(2-5-12)13-8-16(23)21-18(20-13)22-17(24)11-3-6-14-15(7-11)26-9-25-14/h1-7,13H,8-9H2,(H2,20,21,22,23,24). The van der Waals surface area contributed by atoms with Crippen molar-refractivity contribution in [2.45, 2.75) is 12.5 Å². The van der Waals surface area contributed by atoms with E-state index < -0.39 is 0 Å². The summed E-state index contributed by atoms with van der Waals surface area (Å²) in [6.07, 6.45) is 0.227. The topological polar surface area (TPSA) is 89.0 Å². The van der Waals surface area contributed by atoms with Crippen molar-refractivity contribution >= 4 is 33.7 Å². The van der Waals surface area contributed by atoms with Gasteiger partial charge >= 0.3 is 0 Å². The van der Waals surface area contributed by atoms with E-state index in [1.54, 1.807) is 18.2 Å². The van der Waals surface area contributed by atoms with Gasteiger partial charge in [0.15, 0.2) is 11.5 Å². The van der Waals surface area contributed by atoms with Gasteiger partial charge in [-0.3, -0.25) is 20.2 Å². The lowest BCUT2D eigenvalue weighted by atomic mass is 10.0. The van der Waals surface area contributed by atoms with Gasteiger partial charge < -0.3 is 9.47 Å². The van der Waals surface area contributed by atoms with E-state index in [2.05, 4.69) is 31.6 Å². The Hall–Kier alpha value is -2.87. The second kappa shape index (κ2) is 6.80. The first kappa shape index (κ1) is 16.6. The lowest BCUT2D eigenvalue weighted by Crippen LogP contribution is -2.47. The number of nitrogens with one attached hydrogen (secondary N) is 2. The third-order valence-corrected chi connectivity index (χ3v) is 4.57. The highest BCUT2D eigenvalue weighted by Gasteiger charge is 2.24. The number of carbonyl (C=O) groups is 2. The molecule has 0 bridgehead atoms. The Morgan fingerprint density at radius 2 is 1.92 bits per heavy atom. The van der Waals surface area contributed by atoms with Gasteiger partial charge in [0.2, 0.25) is 18.7 Å². The highest BCUT2D eigenvalue weighted by Crippen LogP contribution is 2.32. The van der Waals surface area contributed by atoms with Crippen LogP contribution in [0.4, 0.5) is 0 Å². The van der Waals surface area contributed by atoms with Crippen LogP contribution >= 0.6 is 15.9 Å². The molecule has 2 aromatic carbocycles. The smallest absolute Gasteiger partial charge is 0.258 e. The van der Waals surface area contributed by atoms with E-state index in [0.717, 1.165) is 10.0 Å². The molecule has 1 unspecified atom stereocenters. The summed E-state index contributed by atoms with van der Waals surface area (Å²) in [6, 6.07) is 12.1. The lowest BCUT2D eigenvalue weighted by molar-refractivity contribution is -0.120. The van der Waals surface area contributed by atoms with Crippen molar-refractivity contribution in [3.05, 3.63) is 58.1 Å². The molecule has 2 N–H and O–H groups in total. The van der Waals surface area contributed by atoms with Crippen molar-refractivity contribution in [1.82, 2.24) is 10.6 Å². The van der Waals surface area contributed by atoms with Crippen molar-refractivity contribution in [2.24, 2.45) is 4.99 Å². The van der Waals surface area contributed by atoms with Crippen LogP contribution in [0, 0.1) is 0 Å². The largest absolute Gasteiger partial charge is 0.454 e. The van der Waals surface area contributed by atoms with Gasteiger partial charge in [0, 0.05) is 10.0 Å². The molecule has 0 radical (unpaired) electrons. The number of amides is 2. The van der Waals surface area contributed by atoms with Gasteiger partial charge in [-0.15, -0.1) is 0 Å². The second-order valence-corrected chi connectivity index (χ2v) is 6.74. The Balaban J connectivity index is 1.53. The molecule has 2 heterocycles. The quantitative estimate of drug-likeness (QED) is 0.788. The SMILES string of the molecule is O=C1CC(c2ccc(Br)cc2)N=C(NC(=O)c2ccc3c(c2)OCO3)N1. The third-order valence-electron chi connectivity index (χ3n) is 4.04. The lowest BCUT2D eigenvalue weighted by Gasteiger charge is -2.21. The summed E-state index contributed by atoms with van der Waals surface area (Å²) >= 11 is 3.38. The number of hydrogen-bond donors (Lipinski definition) is 2. The van der Waals surface area contributed by atoms with Gasteiger partial charge in [-0.2, -0.15) is 0 Å². The zero-order chi connectivity index (χ0) is 18.1. The Morgan fingerprint density at radius 3 is 2.73 bits per heavy atom. The van der Waals surface area contributed by atoms with Gasteiger partial charge in [-0.05, 0) is 35.9 Å². The van der Waals surface area contributed by atoms with E-state index in [-0.39, 0.29) is 37.0 Å². The summed E-state index contributed by atoms with van der Waals surface area (Å²) in [5, 5.41) is 5.24. The number of nitrogens with zero attached hydrogens (tertiary/aromatic N) is 1. The molecule has 0 aromatic heterocycles. The average molecular weight is 416 g/mol. The highest BCUT2D eigenvalue weighted by atomic mass is 79.9. The fraction of sp³-hybridized carbons (Fsp3) is 0.167. The number of aliphatic imine (C=N–C) groups is 1. The van der Waals surface area contributed by atoms with Crippen LogP contribution in [0.1, 0.15) is 28.4 Å². The molecule has 2 aromatic rings. The van der Waals surface area contributed by atoms with Crippen LogP contribution in [0.3, 0.4) is 0 Å². The molecule has 0 spiro atoms. The maximum absolute atomic E-state index is 12.5. The molecular weight excluding hydrogens is 402 g/mol. The molecule has 0 aliphatic carbocycles. The number of rotatable bonds is 2. The summed E-state index contributed by atoms with van der Waals surface area (Å²) in [7, 11) is 0. The molecule has 26 heavy (non-hydrogen) atoms. The summed E-state index contributed by atoms with van der Waals surface area (Å²) in [5.74, 6) is 0.657. The predicted octanol–water partition coefficient (Wildman–Crippen LogP) is 2.52. The first-order valence-corrected chi connectivity index (χ1v) is 8.72. The van der Waals surface area contributed by atoms with Gasteiger partial charge in [0.05, 0.1) is 12.5 Å². The van der Waals surface area contributed by atoms with E-state index >= 15 is 0 Å². The number of carbonyl (C=O) groups excluding carboxylic acids is 2. The number of hydrogen-bond acceptors (Lipinski definition) is 5. The van der Waals surface area contributed by atoms with Gasteiger partial charge in [0.1, 0.15) is 0 Å². The van der Waals surface area contributed by atoms with Crippen LogP contribution in [-0.2, 0) is 4.79 Å². The molecule has 0 fully saturated rings. The van der Waals surface area contributed by atoms with Crippen LogP contribution in [0.5, 0.6) is 11.5 Å². The van der Waals surface area contributed by atoms with E-state index in [9.17, 15) is 9.59 Å². The summed E-state index contributed by atoms with van der Waals surface area (Å²) in [4.78, 5) is 28.9. The third kappa shape index (κ3) is 3.41. The van der Waals surface area contributed by atoms with E-state index in [1.165, 1.54) is 0 Å². The Morgan fingerprint density at radius 1 is 1.15 bits per heavy atom. The molecule has 2 aliphatic heterocycles.